The third kappa shape index (κ3) is 5.19. The quantitative estimate of drug-likeness (QED) is 0.683. The van der Waals surface area contributed by atoms with Crippen molar-refractivity contribution in [2.24, 2.45) is 0 Å². The molecule has 0 unspecified atom stereocenters. The van der Waals surface area contributed by atoms with E-state index in [1.165, 1.54) is 5.80 Å². The molecule has 27 heavy (non-hydrogen) atoms. The van der Waals surface area contributed by atoms with Crippen LogP contribution < -0.4 is 15.9 Å². The highest BCUT2D eigenvalue weighted by atomic mass is 31.2. The van der Waals surface area contributed by atoms with Crippen molar-refractivity contribution in [3.05, 3.63) is 91.0 Å². The van der Waals surface area contributed by atoms with Crippen LogP contribution in [-0.2, 0) is 9.59 Å². The zero-order valence-electron chi connectivity index (χ0n) is 14.9. The number of carboxylic acids is 2. The van der Waals surface area contributed by atoms with Crippen molar-refractivity contribution in [1.82, 2.24) is 0 Å². The molecule has 0 aliphatic rings. The van der Waals surface area contributed by atoms with Crippen molar-refractivity contribution in [3.8, 4) is 0 Å². The Morgan fingerprint density at radius 3 is 1.15 bits per heavy atom. The molecule has 0 amide bonds. The molecule has 3 aromatic carbocycles. The topological polar surface area (TPSA) is 74.6 Å². The van der Waals surface area contributed by atoms with Crippen LogP contribution >= 0.6 is 6.89 Å². The smallest absolute Gasteiger partial charge is 0.329 e. The summed E-state index contributed by atoms with van der Waals surface area (Å²) in [6.45, 7) is -1.25. The van der Waals surface area contributed by atoms with Crippen molar-refractivity contribution in [1.29, 1.82) is 0 Å². The summed E-state index contributed by atoms with van der Waals surface area (Å²) in [5.41, 5.74) is 0. The van der Waals surface area contributed by atoms with E-state index in [0.29, 0.717) is 0 Å². The first-order valence-corrected chi connectivity index (χ1v) is 10.2. The van der Waals surface area contributed by atoms with Crippen molar-refractivity contribution < 1.29 is 19.8 Å². The molecule has 0 radical (unpaired) electrons. The predicted molar refractivity (Wildman–Crippen MR) is 112 cm³/mol. The monoisotopic (exact) mass is 380 g/mol. The predicted octanol–water partition coefficient (Wildman–Crippen LogP) is 2.96. The van der Waals surface area contributed by atoms with Gasteiger partial charge >= 0.3 is 5.97 Å². The fourth-order valence-corrected chi connectivity index (χ4v) is 6.43. The van der Waals surface area contributed by atoms with Gasteiger partial charge in [0.15, 0.2) is 0 Å². The minimum atomic E-state index is -2.33. The Kier molecular flexibility index (Phi) is 7.16. The van der Waals surface area contributed by atoms with E-state index in [9.17, 15) is 9.90 Å². The van der Waals surface area contributed by atoms with Gasteiger partial charge in [0.05, 0.1) is 0 Å². The van der Waals surface area contributed by atoms with E-state index in [1.54, 1.807) is 0 Å². The average molecular weight is 380 g/mol. The molecule has 0 saturated carbocycles. The van der Waals surface area contributed by atoms with Gasteiger partial charge in [0.25, 0.3) is 5.97 Å². The summed E-state index contributed by atoms with van der Waals surface area (Å²) in [6, 6.07) is 29.8. The van der Waals surface area contributed by atoms with Crippen LogP contribution in [0, 0.1) is 0 Å². The second kappa shape index (κ2) is 9.56. The molecule has 0 bridgehead atoms. The zero-order valence-corrected chi connectivity index (χ0v) is 15.8. The van der Waals surface area contributed by atoms with E-state index >= 15 is 0 Å². The average Bonchev–Trinajstić information content (AvgIpc) is 2.67. The molecule has 0 aliphatic heterocycles. The van der Waals surface area contributed by atoms with Crippen molar-refractivity contribution in [2.75, 3.05) is 0 Å². The summed E-state index contributed by atoms with van der Waals surface area (Å²) >= 11 is 0. The Morgan fingerprint density at radius 2 is 0.926 bits per heavy atom. The van der Waals surface area contributed by atoms with Gasteiger partial charge in [-0.1, -0.05) is 91.0 Å². The summed E-state index contributed by atoms with van der Waals surface area (Å²) in [5.74, 6) is -0.234. The Balaban J connectivity index is 0.000000596. The Bertz CT molecular complexity index is 828. The standard InChI is InChI=1S/C20H17O2P.C2H4O2/c21-20(22)16-23(17-10-4-1-5-11-17,18-12-6-2-7-13-18)19-14-8-3-9-15-19;1-2(3)4/h1-16H,(H,21,22);1H3,(H,3,4). The van der Waals surface area contributed by atoms with E-state index in [4.69, 9.17) is 9.90 Å². The van der Waals surface area contributed by atoms with Crippen LogP contribution in [0.1, 0.15) is 6.92 Å². The number of carboxylic acid groups (broad SMARTS) is 2. The van der Waals surface area contributed by atoms with E-state index in [1.807, 2.05) is 91.0 Å². The second-order valence-electron chi connectivity index (χ2n) is 5.72. The third-order valence-corrected chi connectivity index (χ3v) is 7.74. The van der Waals surface area contributed by atoms with Crippen LogP contribution in [0.15, 0.2) is 91.0 Å². The molecule has 0 spiro atoms. The lowest BCUT2D eigenvalue weighted by atomic mass is 10.4. The summed E-state index contributed by atoms with van der Waals surface area (Å²) in [7, 11) is 0. The Morgan fingerprint density at radius 1 is 0.667 bits per heavy atom. The summed E-state index contributed by atoms with van der Waals surface area (Å²) in [5, 5.41) is 20.1. The molecule has 0 saturated heterocycles. The lowest BCUT2D eigenvalue weighted by Crippen LogP contribution is -2.28. The summed E-state index contributed by atoms with van der Waals surface area (Å²) in [6.07, 6.45) is 0. The fraction of sp³-hybridized carbons (Fsp3) is 0.0455. The van der Waals surface area contributed by atoms with Gasteiger partial charge in [0, 0.05) is 12.7 Å². The normalized spacial score (nSPS) is 10.3. The largest absolute Gasteiger partial charge is 0.481 e. The molecule has 3 rings (SSSR count). The number of aliphatic carboxylic acids is 2. The molecule has 2 N–H and O–H groups in total. The highest BCUT2D eigenvalue weighted by Gasteiger charge is 2.25. The van der Waals surface area contributed by atoms with Gasteiger partial charge in [0.1, 0.15) is 0 Å². The van der Waals surface area contributed by atoms with Crippen LogP contribution in [-0.4, -0.2) is 27.9 Å². The van der Waals surface area contributed by atoms with Gasteiger partial charge < -0.3 is 10.2 Å². The molecule has 4 nitrogen and oxygen atoms in total. The molecule has 0 aromatic heterocycles. The first-order valence-electron chi connectivity index (χ1n) is 8.31. The number of carbonyl (C=O) groups is 2. The molecular formula is C22H21O4P. The molecule has 0 fully saturated rings. The van der Waals surface area contributed by atoms with E-state index < -0.39 is 18.8 Å². The van der Waals surface area contributed by atoms with Crippen molar-refractivity contribution in [2.45, 2.75) is 6.92 Å². The Hall–Kier alpha value is -3.10. The highest BCUT2D eigenvalue weighted by molar-refractivity contribution is 7.95. The first-order chi connectivity index (χ1) is 13.0. The van der Waals surface area contributed by atoms with E-state index in [0.717, 1.165) is 22.8 Å². The minimum Gasteiger partial charge on any atom is -0.481 e. The van der Waals surface area contributed by atoms with Gasteiger partial charge in [0.2, 0.25) is 0 Å². The first kappa shape index (κ1) is 20.2. The van der Waals surface area contributed by atoms with Crippen molar-refractivity contribution in [3.63, 3.8) is 0 Å². The van der Waals surface area contributed by atoms with Crippen LogP contribution in [0.2, 0.25) is 0 Å². The van der Waals surface area contributed by atoms with Gasteiger partial charge in [-0.3, -0.25) is 4.79 Å². The van der Waals surface area contributed by atoms with Crippen LogP contribution in [0.3, 0.4) is 0 Å². The third-order valence-electron chi connectivity index (χ3n) is 3.79. The molecule has 5 heteroatoms. The number of benzene rings is 3. The Labute approximate surface area is 158 Å². The van der Waals surface area contributed by atoms with E-state index in [2.05, 4.69) is 0 Å². The maximum atomic E-state index is 11.7. The van der Waals surface area contributed by atoms with Crippen molar-refractivity contribution >= 4 is 40.5 Å². The second-order valence-corrected chi connectivity index (χ2v) is 8.97. The van der Waals surface area contributed by atoms with Crippen LogP contribution in [0.4, 0.5) is 0 Å². The molecule has 138 valence electrons. The molecule has 0 aliphatic carbocycles. The molecular weight excluding hydrogens is 359 g/mol. The van der Waals surface area contributed by atoms with E-state index in [-0.39, 0.29) is 0 Å². The van der Waals surface area contributed by atoms with Gasteiger partial charge in [-0.25, -0.2) is 4.79 Å². The highest BCUT2D eigenvalue weighted by Crippen LogP contribution is 2.43. The maximum Gasteiger partial charge on any atom is 0.329 e. The fourth-order valence-electron chi connectivity index (χ4n) is 2.83. The molecule has 0 atom stereocenters. The van der Waals surface area contributed by atoms with Crippen LogP contribution in [0.5, 0.6) is 0 Å². The number of rotatable bonds is 4. The zero-order chi connectivity index (χ0) is 19.7. The number of hydrogen-bond acceptors (Lipinski definition) is 2. The lowest BCUT2D eigenvalue weighted by molar-refractivity contribution is -0.134. The minimum absolute atomic E-state index is 0.833. The molecule has 0 heterocycles. The van der Waals surface area contributed by atoms with Gasteiger partial charge in [-0.15, -0.1) is 0 Å². The SMILES string of the molecule is CC(=O)O.O=C(O)C=P(c1ccccc1)(c1ccccc1)c1ccccc1. The molecule has 3 aromatic rings. The lowest BCUT2D eigenvalue weighted by Gasteiger charge is -2.27. The number of hydrogen-bond donors (Lipinski definition) is 2. The summed E-state index contributed by atoms with van der Waals surface area (Å²) < 4.78 is 0. The van der Waals surface area contributed by atoms with Crippen LogP contribution in [0.25, 0.3) is 0 Å². The van der Waals surface area contributed by atoms with Gasteiger partial charge in [-0.05, 0) is 22.8 Å². The maximum absolute atomic E-state index is 11.7. The van der Waals surface area contributed by atoms with Gasteiger partial charge in [-0.2, -0.15) is 0 Å². The summed E-state index contributed by atoms with van der Waals surface area (Å²) in [4.78, 5) is 20.7.